The third-order valence-corrected chi connectivity index (χ3v) is 4.62. The SMILES string of the molecule is CCC(C)(CC)n1c(-c2cccs2)n[nH]c1=S. The molecule has 0 radical (unpaired) electrons. The Balaban J connectivity index is 2.62. The number of aromatic amines is 1. The predicted octanol–water partition coefficient (Wildman–Crippen LogP) is 4.20. The Kier molecular flexibility index (Phi) is 3.49. The summed E-state index contributed by atoms with van der Waals surface area (Å²) >= 11 is 7.07. The van der Waals surface area contributed by atoms with Gasteiger partial charge in [-0.1, -0.05) is 19.9 Å². The smallest absolute Gasteiger partial charge is 0.195 e. The molecule has 0 fully saturated rings. The van der Waals surface area contributed by atoms with E-state index in [2.05, 4.69) is 47.0 Å². The van der Waals surface area contributed by atoms with Gasteiger partial charge in [-0.15, -0.1) is 11.3 Å². The van der Waals surface area contributed by atoms with Crippen LogP contribution in [-0.2, 0) is 5.54 Å². The maximum Gasteiger partial charge on any atom is 0.195 e. The van der Waals surface area contributed by atoms with E-state index in [9.17, 15) is 0 Å². The Morgan fingerprint density at radius 3 is 2.71 bits per heavy atom. The third-order valence-electron chi connectivity index (χ3n) is 3.48. The van der Waals surface area contributed by atoms with Gasteiger partial charge in [0.25, 0.3) is 0 Å². The van der Waals surface area contributed by atoms with Crippen LogP contribution in [0.2, 0.25) is 0 Å². The van der Waals surface area contributed by atoms with Crippen molar-refractivity contribution in [3.63, 3.8) is 0 Å². The van der Waals surface area contributed by atoms with E-state index in [0.29, 0.717) is 4.77 Å². The van der Waals surface area contributed by atoms with Crippen LogP contribution in [0.1, 0.15) is 33.6 Å². The van der Waals surface area contributed by atoms with Crippen molar-refractivity contribution in [2.45, 2.75) is 39.2 Å². The predicted molar refractivity (Wildman–Crippen MR) is 75.0 cm³/mol. The third kappa shape index (κ3) is 2.09. The molecule has 2 rings (SSSR count). The van der Waals surface area contributed by atoms with Crippen molar-refractivity contribution in [2.24, 2.45) is 0 Å². The molecule has 0 atom stereocenters. The van der Waals surface area contributed by atoms with Gasteiger partial charge in [-0.25, -0.2) is 0 Å². The topological polar surface area (TPSA) is 33.6 Å². The molecular formula is C12H17N3S2. The molecule has 0 aliphatic carbocycles. The van der Waals surface area contributed by atoms with Crippen LogP contribution in [0.15, 0.2) is 17.5 Å². The normalized spacial score (nSPS) is 11.9. The molecule has 0 spiro atoms. The second-order valence-electron chi connectivity index (χ2n) is 4.37. The Bertz CT molecular complexity index is 532. The monoisotopic (exact) mass is 267 g/mol. The molecule has 92 valence electrons. The molecule has 0 aromatic carbocycles. The summed E-state index contributed by atoms with van der Waals surface area (Å²) in [5.74, 6) is 0.955. The van der Waals surface area contributed by atoms with Crippen LogP contribution in [0.4, 0.5) is 0 Å². The number of rotatable bonds is 4. The molecule has 1 N–H and O–H groups in total. The molecule has 0 saturated carbocycles. The summed E-state index contributed by atoms with van der Waals surface area (Å²) in [4.78, 5) is 1.16. The molecule has 2 aromatic heterocycles. The van der Waals surface area contributed by atoms with E-state index in [1.165, 1.54) is 0 Å². The number of thiophene rings is 1. The Hall–Kier alpha value is -0.940. The van der Waals surface area contributed by atoms with Crippen LogP contribution in [0, 0.1) is 4.77 Å². The van der Waals surface area contributed by atoms with Crippen LogP contribution in [0.5, 0.6) is 0 Å². The molecule has 0 bridgehead atoms. The van der Waals surface area contributed by atoms with E-state index in [4.69, 9.17) is 12.2 Å². The number of hydrogen-bond donors (Lipinski definition) is 1. The van der Waals surface area contributed by atoms with Crippen molar-refractivity contribution in [1.82, 2.24) is 14.8 Å². The first-order chi connectivity index (χ1) is 8.12. The average Bonchev–Trinajstić information content (AvgIpc) is 2.97. The fourth-order valence-corrected chi connectivity index (χ4v) is 2.99. The zero-order valence-corrected chi connectivity index (χ0v) is 12.0. The summed E-state index contributed by atoms with van der Waals surface area (Å²) < 4.78 is 2.87. The summed E-state index contributed by atoms with van der Waals surface area (Å²) in [5.41, 5.74) is 0.0312. The molecule has 0 amide bonds. The highest BCUT2D eigenvalue weighted by Gasteiger charge is 2.27. The number of aromatic nitrogens is 3. The second kappa shape index (κ2) is 4.74. The number of hydrogen-bond acceptors (Lipinski definition) is 3. The summed E-state index contributed by atoms with van der Waals surface area (Å²) in [6.07, 6.45) is 2.07. The molecule has 0 aliphatic rings. The fourth-order valence-electron chi connectivity index (χ4n) is 1.94. The molecule has 0 aliphatic heterocycles. The molecule has 17 heavy (non-hydrogen) atoms. The molecule has 2 aromatic rings. The first-order valence-corrected chi connectivity index (χ1v) is 7.13. The Labute approximate surface area is 111 Å². The Morgan fingerprint density at radius 1 is 1.47 bits per heavy atom. The van der Waals surface area contributed by atoms with Crippen LogP contribution in [0.3, 0.4) is 0 Å². The highest BCUT2D eigenvalue weighted by atomic mass is 32.1. The molecule has 2 heterocycles. The fraction of sp³-hybridized carbons (Fsp3) is 0.500. The van der Waals surface area contributed by atoms with Gasteiger partial charge in [-0.2, -0.15) is 5.10 Å². The van der Waals surface area contributed by atoms with E-state index in [1.54, 1.807) is 11.3 Å². The number of H-pyrrole nitrogens is 1. The lowest BCUT2D eigenvalue weighted by molar-refractivity contribution is 0.293. The molecule has 3 nitrogen and oxygen atoms in total. The van der Waals surface area contributed by atoms with Gasteiger partial charge < -0.3 is 0 Å². The van der Waals surface area contributed by atoms with Gasteiger partial charge in [-0.05, 0) is 43.4 Å². The van der Waals surface area contributed by atoms with Gasteiger partial charge in [0.2, 0.25) is 0 Å². The van der Waals surface area contributed by atoms with Crippen LogP contribution < -0.4 is 0 Å². The standard InChI is InChI=1S/C12H17N3S2/c1-4-12(3,5-2)15-10(13-14-11(15)16)9-7-6-8-17-9/h6-8H,4-5H2,1-3H3,(H,14,16). The maximum absolute atomic E-state index is 5.38. The van der Waals surface area contributed by atoms with Gasteiger partial charge in [0.15, 0.2) is 10.6 Å². The first kappa shape index (κ1) is 12.5. The summed E-state index contributed by atoms with van der Waals surface area (Å²) in [6.45, 7) is 6.61. The molecule has 0 unspecified atom stereocenters. The molecule has 0 saturated heterocycles. The minimum atomic E-state index is 0.0312. The summed E-state index contributed by atoms with van der Waals surface area (Å²) in [6, 6.07) is 4.12. The summed E-state index contributed by atoms with van der Waals surface area (Å²) in [5, 5.41) is 9.36. The number of nitrogens with one attached hydrogen (secondary N) is 1. The van der Waals surface area contributed by atoms with Crippen molar-refractivity contribution in [1.29, 1.82) is 0 Å². The van der Waals surface area contributed by atoms with E-state index in [0.717, 1.165) is 23.5 Å². The average molecular weight is 267 g/mol. The Morgan fingerprint density at radius 2 is 2.18 bits per heavy atom. The van der Waals surface area contributed by atoms with Gasteiger partial charge >= 0.3 is 0 Å². The first-order valence-electron chi connectivity index (χ1n) is 5.84. The zero-order valence-electron chi connectivity index (χ0n) is 10.4. The molecular weight excluding hydrogens is 250 g/mol. The van der Waals surface area contributed by atoms with Crippen LogP contribution in [-0.4, -0.2) is 14.8 Å². The van der Waals surface area contributed by atoms with Crippen LogP contribution in [0.25, 0.3) is 10.7 Å². The highest BCUT2D eigenvalue weighted by molar-refractivity contribution is 7.71. The van der Waals surface area contributed by atoms with Crippen molar-refractivity contribution >= 4 is 23.6 Å². The van der Waals surface area contributed by atoms with E-state index in [-0.39, 0.29) is 5.54 Å². The van der Waals surface area contributed by atoms with Crippen molar-refractivity contribution in [3.8, 4) is 10.7 Å². The minimum absolute atomic E-state index is 0.0312. The van der Waals surface area contributed by atoms with Crippen molar-refractivity contribution in [3.05, 3.63) is 22.3 Å². The minimum Gasteiger partial charge on any atom is -0.294 e. The van der Waals surface area contributed by atoms with Gasteiger partial charge in [0, 0.05) is 5.54 Å². The largest absolute Gasteiger partial charge is 0.294 e. The maximum atomic E-state index is 5.38. The van der Waals surface area contributed by atoms with Gasteiger partial charge in [0.05, 0.1) is 4.88 Å². The van der Waals surface area contributed by atoms with Gasteiger partial charge in [0.1, 0.15) is 0 Å². The lowest BCUT2D eigenvalue weighted by Crippen LogP contribution is -2.29. The summed E-state index contributed by atoms with van der Waals surface area (Å²) in [7, 11) is 0. The zero-order chi connectivity index (χ0) is 12.5. The van der Waals surface area contributed by atoms with E-state index in [1.807, 2.05) is 6.07 Å². The van der Waals surface area contributed by atoms with Crippen molar-refractivity contribution in [2.75, 3.05) is 0 Å². The van der Waals surface area contributed by atoms with Gasteiger partial charge in [-0.3, -0.25) is 9.67 Å². The number of nitrogens with zero attached hydrogens (tertiary/aromatic N) is 2. The van der Waals surface area contributed by atoms with E-state index >= 15 is 0 Å². The van der Waals surface area contributed by atoms with Crippen molar-refractivity contribution < 1.29 is 0 Å². The second-order valence-corrected chi connectivity index (χ2v) is 5.70. The van der Waals surface area contributed by atoms with E-state index < -0.39 is 0 Å². The quantitative estimate of drug-likeness (QED) is 0.842. The highest BCUT2D eigenvalue weighted by Crippen LogP contribution is 2.32. The lowest BCUT2D eigenvalue weighted by Gasteiger charge is -2.29. The lowest BCUT2D eigenvalue weighted by atomic mass is 9.95. The van der Waals surface area contributed by atoms with Crippen LogP contribution >= 0.6 is 23.6 Å². The molecule has 5 heteroatoms.